The van der Waals surface area contributed by atoms with Crippen LogP contribution in [0, 0.1) is 5.92 Å². The van der Waals surface area contributed by atoms with Crippen LogP contribution in [-0.4, -0.2) is 46.5 Å². The van der Waals surface area contributed by atoms with Crippen LogP contribution in [0.15, 0.2) is 109 Å². The number of carbonyl (C=O) groups is 3. The molecule has 8 nitrogen and oxygen atoms in total. The van der Waals surface area contributed by atoms with E-state index in [4.69, 9.17) is 4.74 Å². The lowest BCUT2D eigenvalue weighted by atomic mass is 9.82. The summed E-state index contributed by atoms with van der Waals surface area (Å²) < 4.78 is 6.89. The molecule has 0 unspecified atom stereocenters. The highest BCUT2D eigenvalue weighted by molar-refractivity contribution is 6.28. The van der Waals surface area contributed by atoms with Crippen LogP contribution in [0.25, 0.3) is 10.8 Å². The summed E-state index contributed by atoms with van der Waals surface area (Å²) in [6.07, 6.45) is 0.716. The van der Waals surface area contributed by atoms with Crippen LogP contribution >= 0.6 is 0 Å². The van der Waals surface area contributed by atoms with Gasteiger partial charge in [0.1, 0.15) is 0 Å². The first-order chi connectivity index (χ1) is 24.4. The number of ether oxygens (including phenoxy) is 1. The molecule has 4 heterocycles. The summed E-state index contributed by atoms with van der Waals surface area (Å²) in [5, 5.41) is 12.2. The Bertz CT molecular complexity index is 2200. The Hall–Kier alpha value is -5.31. The Labute approximate surface area is 290 Å². The molecule has 4 aliphatic heterocycles. The van der Waals surface area contributed by atoms with E-state index in [1.54, 1.807) is 14.7 Å². The third-order valence-corrected chi connectivity index (χ3v) is 11.2. The molecule has 0 bridgehead atoms. The maximum atomic E-state index is 14.8. The molecule has 0 aromatic heterocycles. The SMILES string of the molecule is C[C@@H]1C[C@H](CC(=O)N2Cc3ccccc3C[C@H]2CO)O[C@@]12C(=O)N(Cc1ccccc1)c1ccc(N3C(=O)c4cccc5cccc3c45)cc12. The Balaban J connectivity index is 1.08. The number of nitrogens with zero attached hydrogens (tertiary/aromatic N) is 3. The van der Waals surface area contributed by atoms with Crippen molar-refractivity contribution in [2.24, 2.45) is 5.92 Å². The zero-order valence-electron chi connectivity index (χ0n) is 27.8. The molecule has 0 radical (unpaired) electrons. The molecule has 1 spiro atoms. The van der Waals surface area contributed by atoms with Gasteiger partial charge in [-0.3, -0.25) is 19.3 Å². The van der Waals surface area contributed by atoms with Crippen LogP contribution in [-0.2, 0) is 39.4 Å². The predicted octanol–water partition coefficient (Wildman–Crippen LogP) is 6.63. The van der Waals surface area contributed by atoms with Crippen molar-refractivity contribution in [1.82, 2.24) is 4.90 Å². The number of anilines is 3. The zero-order valence-corrected chi connectivity index (χ0v) is 27.8. The average Bonchev–Trinajstić information content (AvgIpc) is 3.71. The molecule has 9 rings (SSSR count). The molecule has 1 N–H and O–H groups in total. The van der Waals surface area contributed by atoms with Crippen molar-refractivity contribution >= 4 is 45.6 Å². The van der Waals surface area contributed by atoms with Gasteiger partial charge in [0.2, 0.25) is 5.91 Å². The number of hydrogen-bond acceptors (Lipinski definition) is 5. The number of aliphatic hydroxyl groups is 1. The van der Waals surface area contributed by atoms with Gasteiger partial charge in [-0.2, -0.15) is 0 Å². The molecule has 50 heavy (non-hydrogen) atoms. The summed E-state index contributed by atoms with van der Waals surface area (Å²) in [7, 11) is 0. The molecule has 0 aliphatic carbocycles. The van der Waals surface area contributed by atoms with E-state index >= 15 is 0 Å². The first-order valence-electron chi connectivity index (χ1n) is 17.4. The van der Waals surface area contributed by atoms with Crippen molar-refractivity contribution < 1.29 is 24.2 Å². The average molecular weight is 664 g/mol. The van der Waals surface area contributed by atoms with Gasteiger partial charge in [-0.25, -0.2) is 0 Å². The fourth-order valence-electron chi connectivity index (χ4n) is 8.77. The van der Waals surface area contributed by atoms with Crippen LogP contribution in [0.3, 0.4) is 0 Å². The lowest BCUT2D eigenvalue weighted by molar-refractivity contribution is -0.151. The number of hydrogen-bond donors (Lipinski definition) is 1. The van der Waals surface area contributed by atoms with E-state index in [0.29, 0.717) is 37.2 Å². The van der Waals surface area contributed by atoms with Crippen LogP contribution in [0.4, 0.5) is 17.1 Å². The summed E-state index contributed by atoms with van der Waals surface area (Å²) >= 11 is 0. The van der Waals surface area contributed by atoms with Crippen LogP contribution in [0.5, 0.6) is 0 Å². The smallest absolute Gasteiger partial charge is 0.264 e. The molecule has 1 saturated heterocycles. The van der Waals surface area contributed by atoms with Crippen molar-refractivity contribution in [2.75, 3.05) is 16.4 Å². The highest BCUT2D eigenvalue weighted by Gasteiger charge is 2.60. The minimum Gasteiger partial charge on any atom is -0.394 e. The minimum atomic E-state index is -1.32. The van der Waals surface area contributed by atoms with Gasteiger partial charge in [-0.1, -0.05) is 85.8 Å². The summed E-state index contributed by atoms with van der Waals surface area (Å²) in [6.45, 7) is 2.70. The summed E-state index contributed by atoms with van der Waals surface area (Å²) in [5.41, 5.74) is 5.50. The number of amides is 3. The van der Waals surface area contributed by atoms with Gasteiger partial charge in [0.05, 0.1) is 48.7 Å². The predicted molar refractivity (Wildman–Crippen MR) is 191 cm³/mol. The van der Waals surface area contributed by atoms with Crippen LogP contribution in [0.1, 0.15) is 52.4 Å². The van der Waals surface area contributed by atoms with Gasteiger partial charge < -0.3 is 19.6 Å². The summed E-state index contributed by atoms with van der Waals surface area (Å²) in [6, 6.07) is 35.1. The molecule has 4 atom stereocenters. The number of rotatable bonds is 6. The zero-order chi connectivity index (χ0) is 34.1. The number of benzene rings is 5. The Morgan fingerprint density at radius 1 is 0.880 bits per heavy atom. The first kappa shape index (κ1) is 30.7. The largest absolute Gasteiger partial charge is 0.394 e. The van der Waals surface area contributed by atoms with Gasteiger partial charge >= 0.3 is 0 Å². The Kier molecular flexibility index (Phi) is 7.16. The molecule has 0 saturated carbocycles. The fourth-order valence-corrected chi connectivity index (χ4v) is 8.77. The van der Waals surface area contributed by atoms with Gasteiger partial charge in [-0.05, 0) is 65.3 Å². The summed E-state index contributed by atoms with van der Waals surface area (Å²) in [5.74, 6) is -0.606. The van der Waals surface area contributed by atoms with E-state index in [2.05, 4.69) is 6.07 Å². The van der Waals surface area contributed by atoms with E-state index in [-0.39, 0.29) is 42.7 Å². The lowest BCUT2D eigenvalue weighted by Crippen LogP contribution is -2.47. The second-order valence-corrected chi connectivity index (χ2v) is 14.0. The molecule has 250 valence electrons. The number of fused-ring (bicyclic) bond motifs is 3. The molecule has 4 aliphatic rings. The topological polar surface area (TPSA) is 90.4 Å². The van der Waals surface area contributed by atoms with Gasteiger partial charge in [0.25, 0.3) is 11.8 Å². The molecular formula is C42H37N3O5. The molecule has 5 aromatic carbocycles. The first-order valence-corrected chi connectivity index (χ1v) is 17.4. The van der Waals surface area contributed by atoms with Gasteiger partial charge in [0.15, 0.2) is 5.60 Å². The molecule has 8 heteroatoms. The van der Waals surface area contributed by atoms with Gasteiger partial charge in [0, 0.05) is 29.1 Å². The third kappa shape index (κ3) is 4.55. The maximum absolute atomic E-state index is 14.8. The van der Waals surface area contributed by atoms with E-state index in [0.717, 1.165) is 44.4 Å². The van der Waals surface area contributed by atoms with E-state index in [1.165, 1.54) is 0 Å². The minimum absolute atomic E-state index is 0.0955. The fraction of sp³-hybridized carbons (Fsp3) is 0.262. The molecular weight excluding hydrogens is 626 g/mol. The van der Waals surface area contributed by atoms with Crippen LogP contribution < -0.4 is 9.80 Å². The normalized spacial score (nSPS) is 23.6. The van der Waals surface area contributed by atoms with Crippen LogP contribution in [0.2, 0.25) is 0 Å². The van der Waals surface area contributed by atoms with Crippen molar-refractivity contribution in [2.45, 2.75) is 57.0 Å². The second-order valence-electron chi connectivity index (χ2n) is 14.0. The maximum Gasteiger partial charge on any atom is 0.264 e. The Morgan fingerprint density at radius 2 is 1.64 bits per heavy atom. The number of aliphatic hydroxyl groups excluding tert-OH is 1. The lowest BCUT2D eigenvalue weighted by Gasteiger charge is -2.36. The summed E-state index contributed by atoms with van der Waals surface area (Å²) in [4.78, 5) is 48.0. The van der Waals surface area contributed by atoms with E-state index in [9.17, 15) is 19.5 Å². The third-order valence-electron chi connectivity index (χ3n) is 11.2. The van der Waals surface area contributed by atoms with E-state index in [1.807, 2.05) is 110 Å². The van der Waals surface area contributed by atoms with Crippen molar-refractivity contribution in [1.29, 1.82) is 0 Å². The second kappa shape index (κ2) is 11.6. The van der Waals surface area contributed by atoms with Crippen molar-refractivity contribution in [3.63, 3.8) is 0 Å². The van der Waals surface area contributed by atoms with Crippen molar-refractivity contribution in [3.8, 4) is 0 Å². The highest BCUT2D eigenvalue weighted by atomic mass is 16.5. The molecule has 3 amide bonds. The molecule has 5 aromatic rings. The highest BCUT2D eigenvalue weighted by Crippen LogP contribution is 2.55. The quantitative estimate of drug-likeness (QED) is 0.220. The Morgan fingerprint density at radius 3 is 2.44 bits per heavy atom. The van der Waals surface area contributed by atoms with Gasteiger partial charge in [-0.15, -0.1) is 0 Å². The monoisotopic (exact) mass is 663 g/mol. The van der Waals surface area contributed by atoms with Crippen molar-refractivity contribution in [3.05, 3.63) is 137 Å². The van der Waals surface area contributed by atoms with E-state index < -0.39 is 11.7 Å². The molecule has 1 fully saturated rings. The number of carbonyl (C=O) groups excluding carboxylic acids is 3. The standard InChI is InChI=1S/C42H37N3O5/c1-26-19-33(22-38(47)43-24-30-12-6-5-11-29(30)20-32(43)25-46)50-42(26)35-21-31(17-18-36(35)44(41(42)49)23-27-9-3-2-4-10-27)45-37-16-8-14-28-13-7-15-34(39(28)37)40(45)48/h2-18,21,26,32-33,46H,19-20,22-25H2,1H3/t26-,32+,33-,42+/m1/s1.